The Bertz CT molecular complexity index is 1240. The van der Waals surface area contributed by atoms with E-state index in [1.165, 1.54) is 0 Å². The number of hydrogen-bond acceptors (Lipinski definition) is 5. The number of carbonyl (C=O) groups excluding carboxylic acids is 3. The molecule has 7 heteroatoms. The molecule has 0 bridgehead atoms. The number of amides is 3. The molecule has 7 nitrogen and oxygen atoms in total. The first-order valence-corrected chi connectivity index (χ1v) is 11.7. The summed E-state index contributed by atoms with van der Waals surface area (Å²) in [6.45, 7) is 6.74. The lowest BCUT2D eigenvalue weighted by atomic mass is 10.1. The minimum atomic E-state index is -0.367. The predicted molar refractivity (Wildman–Crippen MR) is 134 cm³/mol. The summed E-state index contributed by atoms with van der Waals surface area (Å²) >= 11 is 0. The second-order valence-corrected chi connectivity index (χ2v) is 9.14. The van der Waals surface area contributed by atoms with E-state index in [0.717, 1.165) is 30.1 Å². The van der Waals surface area contributed by atoms with Crippen LogP contribution in [0.15, 0.2) is 72.8 Å². The summed E-state index contributed by atoms with van der Waals surface area (Å²) in [5, 5.41) is 2.87. The van der Waals surface area contributed by atoms with E-state index in [0.29, 0.717) is 28.1 Å². The van der Waals surface area contributed by atoms with Gasteiger partial charge in [-0.3, -0.25) is 19.3 Å². The number of imide groups is 1. The van der Waals surface area contributed by atoms with Gasteiger partial charge in [0.2, 0.25) is 0 Å². The fourth-order valence-electron chi connectivity index (χ4n) is 4.78. The summed E-state index contributed by atoms with van der Waals surface area (Å²) in [7, 11) is 0. The monoisotopic (exact) mass is 469 g/mol. The van der Waals surface area contributed by atoms with Crippen molar-refractivity contribution in [1.29, 1.82) is 0 Å². The van der Waals surface area contributed by atoms with Crippen molar-refractivity contribution in [3.63, 3.8) is 0 Å². The lowest BCUT2D eigenvalue weighted by Crippen LogP contribution is -2.44. The maximum atomic E-state index is 12.9. The van der Waals surface area contributed by atoms with Crippen molar-refractivity contribution < 1.29 is 19.1 Å². The first kappa shape index (κ1) is 23.0. The summed E-state index contributed by atoms with van der Waals surface area (Å²) in [6, 6.07) is 21.1. The van der Waals surface area contributed by atoms with Gasteiger partial charge >= 0.3 is 0 Å². The molecule has 3 amide bonds. The maximum absolute atomic E-state index is 12.9. The highest BCUT2D eigenvalue weighted by molar-refractivity contribution is 6.34. The van der Waals surface area contributed by atoms with Gasteiger partial charge in [0.25, 0.3) is 17.7 Å². The van der Waals surface area contributed by atoms with Gasteiger partial charge in [-0.15, -0.1) is 0 Å². The van der Waals surface area contributed by atoms with Gasteiger partial charge in [0.05, 0.1) is 29.0 Å². The molecular weight excluding hydrogens is 442 g/mol. The van der Waals surface area contributed by atoms with Gasteiger partial charge in [-0.1, -0.05) is 30.3 Å². The normalized spacial score (nSPS) is 20.1. The van der Waals surface area contributed by atoms with Crippen LogP contribution in [0.25, 0.3) is 0 Å². The molecule has 2 heterocycles. The molecule has 3 aromatic carbocycles. The van der Waals surface area contributed by atoms with Crippen LogP contribution in [0.1, 0.15) is 50.5 Å². The van der Waals surface area contributed by atoms with E-state index in [-0.39, 0.29) is 29.9 Å². The largest absolute Gasteiger partial charge is 0.373 e. The van der Waals surface area contributed by atoms with Crippen LogP contribution >= 0.6 is 0 Å². The van der Waals surface area contributed by atoms with Crippen LogP contribution in [-0.2, 0) is 11.3 Å². The van der Waals surface area contributed by atoms with Gasteiger partial charge in [0, 0.05) is 30.9 Å². The van der Waals surface area contributed by atoms with Crippen LogP contribution in [0.2, 0.25) is 0 Å². The molecule has 0 aromatic heterocycles. The topological polar surface area (TPSA) is 79.0 Å². The van der Waals surface area contributed by atoms with Crippen LogP contribution in [0.5, 0.6) is 0 Å². The quantitative estimate of drug-likeness (QED) is 0.562. The van der Waals surface area contributed by atoms with Crippen molar-refractivity contribution in [2.24, 2.45) is 0 Å². The molecule has 2 aliphatic heterocycles. The third-order valence-corrected chi connectivity index (χ3v) is 6.27. The minimum Gasteiger partial charge on any atom is -0.373 e. The number of nitrogens with one attached hydrogen (secondary N) is 1. The van der Waals surface area contributed by atoms with Crippen molar-refractivity contribution in [1.82, 2.24) is 4.90 Å². The number of fused-ring (bicyclic) bond motifs is 1. The Morgan fingerprint density at radius 1 is 0.886 bits per heavy atom. The summed E-state index contributed by atoms with van der Waals surface area (Å²) in [4.78, 5) is 41.9. The number of morpholine rings is 1. The van der Waals surface area contributed by atoms with Gasteiger partial charge < -0.3 is 10.1 Å². The van der Waals surface area contributed by atoms with Crippen molar-refractivity contribution in [3.05, 3.63) is 95.1 Å². The Balaban J connectivity index is 1.26. The summed E-state index contributed by atoms with van der Waals surface area (Å²) in [5.41, 5.74) is 3.35. The maximum Gasteiger partial charge on any atom is 0.266 e. The molecular formula is C28H27N3O4. The second-order valence-electron chi connectivity index (χ2n) is 9.14. The van der Waals surface area contributed by atoms with E-state index in [2.05, 4.69) is 24.1 Å². The molecule has 35 heavy (non-hydrogen) atoms. The standard InChI is InChI=1S/C28H27N3O4/c1-18-15-30(16-19(2)35-18)17-20-10-12-21(13-11-20)26(32)29-22-6-5-7-23(14-22)31-27(33)24-8-3-4-9-25(24)28(31)34/h3-14,18-19H,15-17H2,1-2H3,(H,29,32). The highest BCUT2D eigenvalue weighted by Crippen LogP contribution is 2.30. The van der Waals surface area contributed by atoms with Gasteiger partial charge in [-0.25, -0.2) is 4.90 Å². The zero-order valence-corrected chi connectivity index (χ0v) is 19.7. The van der Waals surface area contributed by atoms with E-state index < -0.39 is 0 Å². The zero-order valence-electron chi connectivity index (χ0n) is 19.7. The van der Waals surface area contributed by atoms with Crippen LogP contribution in [-0.4, -0.2) is 47.9 Å². The zero-order chi connectivity index (χ0) is 24.5. The Morgan fingerprint density at radius 2 is 1.51 bits per heavy atom. The minimum absolute atomic E-state index is 0.208. The van der Waals surface area contributed by atoms with Crippen LogP contribution in [0.3, 0.4) is 0 Å². The summed E-state index contributed by atoms with van der Waals surface area (Å²) in [5.74, 6) is -0.993. The van der Waals surface area contributed by atoms with Gasteiger partial charge in [0.1, 0.15) is 0 Å². The lowest BCUT2D eigenvalue weighted by Gasteiger charge is -2.35. The first-order valence-electron chi connectivity index (χ1n) is 11.7. The van der Waals surface area contributed by atoms with Crippen LogP contribution < -0.4 is 10.2 Å². The molecule has 1 fully saturated rings. The van der Waals surface area contributed by atoms with Gasteiger partial charge in [-0.2, -0.15) is 0 Å². The third kappa shape index (κ3) is 4.73. The predicted octanol–water partition coefficient (Wildman–Crippen LogP) is 4.35. The Morgan fingerprint density at radius 3 is 2.14 bits per heavy atom. The molecule has 0 saturated carbocycles. The van der Waals surface area contributed by atoms with Crippen LogP contribution in [0.4, 0.5) is 11.4 Å². The first-order chi connectivity index (χ1) is 16.9. The molecule has 3 aromatic rings. The van der Waals surface area contributed by atoms with Crippen LogP contribution in [0, 0.1) is 0 Å². The van der Waals surface area contributed by atoms with Crippen molar-refractivity contribution in [2.75, 3.05) is 23.3 Å². The van der Waals surface area contributed by atoms with Crippen molar-refractivity contribution in [2.45, 2.75) is 32.6 Å². The van der Waals surface area contributed by atoms with Gasteiger partial charge in [0.15, 0.2) is 0 Å². The van der Waals surface area contributed by atoms with E-state index in [1.807, 2.05) is 24.3 Å². The molecule has 2 aliphatic rings. The second kappa shape index (κ2) is 9.44. The molecule has 5 rings (SSSR count). The molecule has 0 spiro atoms. The SMILES string of the molecule is CC1CN(Cc2ccc(C(=O)Nc3cccc(N4C(=O)c5ccccc5C4=O)c3)cc2)CC(C)O1. The average Bonchev–Trinajstić information content (AvgIpc) is 3.09. The molecule has 1 saturated heterocycles. The number of anilines is 2. The third-order valence-electron chi connectivity index (χ3n) is 6.27. The highest BCUT2D eigenvalue weighted by Gasteiger charge is 2.36. The number of carbonyl (C=O) groups is 3. The smallest absolute Gasteiger partial charge is 0.266 e. The van der Waals surface area contributed by atoms with Gasteiger partial charge in [-0.05, 0) is 61.9 Å². The lowest BCUT2D eigenvalue weighted by molar-refractivity contribution is -0.0704. The van der Waals surface area contributed by atoms with Crippen molar-refractivity contribution >= 4 is 29.1 Å². The van der Waals surface area contributed by atoms with Crippen molar-refractivity contribution in [3.8, 4) is 0 Å². The fourth-order valence-corrected chi connectivity index (χ4v) is 4.78. The Kier molecular flexibility index (Phi) is 6.19. The molecule has 0 aliphatic carbocycles. The molecule has 178 valence electrons. The highest BCUT2D eigenvalue weighted by atomic mass is 16.5. The molecule has 2 atom stereocenters. The molecule has 1 N–H and O–H groups in total. The van der Waals surface area contributed by atoms with E-state index in [1.54, 1.807) is 48.5 Å². The number of hydrogen-bond donors (Lipinski definition) is 1. The summed E-state index contributed by atoms with van der Waals surface area (Å²) in [6.07, 6.45) is 0.416. The number of nitrogens with zero attached hydrogens (tertiary/aromatic N) is 2. The fraction of sp³-hybridized carbons (Fsp3) is 0.250. The Labute approximate surface area is 204 Å². The van der Waals surface area contributed by atoms with E-state index in [4.69, 9.17) is 4.74 Å². The van der Waals surface area contributed by atoms with E-state index in [9.17, 15) is 14.4 Å². The summed E-state index contributed by atoms with van der Waals surface area (Å²) < 4.78 is 5.80. The molecule has 0 radical (unpaired) electrons. The number of rotatable bonds is 5. The number of benzene rings is 3. The number of ether oxygens (including phenoxy) is 1. The Hall–Kier alpha value is -3.81. The van der Waals surface area contributed by atoms with E-state index >= 15 is 0 Å². The average molecular weight is 470 g/mol. The molecule has 2 unspecified atom stereocenters.